The molecule has 22 heavy (non-hydrogen) atoms. The van der Waals surface area contributed by atoms with Gasteiger partial charge in [-0.25, -0.2) is 9.79 Å². The Kier molecular flexibility index (Phi) is 7.18. The van der Waals surface area contributed by atoms with Crippen molar-refractivity contribution in [2.45, 2.75) is 33.2 Å². The van der Waals surface area contributed by atoms with E-state index in [1.165, 1.54) is 7.11 Å². The maximum atomic E-state index is 11.5. The number of halogens is 1. The molecule has 6 nitrogen and oxygen atoms in total. The van der Waals surface area contributed by atoms with E-state index in [-0.39, 0.29) is 24.0 Å². The van der Waals surface area contributed by atoms with Gasteiger partial charge in [-0.2, -0.15) is 0 Å². The molecule has 7 heteroatoms. The molecule has 0 atom stereocenters. The maximum Gasteiger partial charge on any atom is 0.341 e. The lowest BCUT2D eigenvalue weighted by molar-refractivity contribution is 0.0599. The monoisotopic (exact) mass is 421 g/mol. The number of nitrogens with zero attached hydrogens (tertiary/aromatic N) is 2. The number of methoxy groups -OCH3 is 1. The van der Waals surface area contributed by atoms with Crippen LogP contribution in [0.15, 0.2) is 15.5 Å². The Bertz CT molecular complexity index is 534. The topological polar surface area (TPSA) is 81.1 Å². The Balaban J connectivity index is 0.00000242. The summed E-state index contributed by atoms with van der Waals surface area (Å²) in [5.74, 6) is 2.04. The van der Waals surface area contributed by atoms with Crippen molar-refractivity contribution in [2.75, 3.05) is 20.2 Å². The molecule has 1 aromatic rings. The van der Waals surface area contributed by atoms with Gasteiger partial charge in [0, 0.05) is 13.1 Å². The van der Waals surface area contributed by atoms with Gasteiger partial charge in [-0.05, 0) is 31.7 Å². The van der Waals surface area contributed by atoms with Crippen LogP contribution < -0.4 is 5.73 Å². The number of aryl methyl sites for hydroxylation is 1. The lowest BCUT2D eigenvalue weighted by atomic mass is 10.00. The summed E-state index contributed by atoms with van der Waals surface area (Å²) in [5, 5.41) is 0. The predicted molar refractivity (Wildman–Crippen MR) is 95.5 cm³/mol. The first kappa shape index (κ1) is 18.8. The minimum absolute atomic E-state index is 0. The number of rotatable bonds is 3. The first-order valence-corrected chi connectivity index (χ1v) is 7.23. The van der Waals surface area contributed by atoms with Gasteiger partial charge >= 0.3 is 5.97 Å². The van der Waals surface area contributed by atoms with Crippen LogP contribution in [0.3, 0.4) is 0 Å². The van der Waals surface area contributed by atoms with E-state index in [1.807, 2.05) is 0 Å². The second kappa shape index (κ2) is 8.40. The van der Waals surface area contributed by atoms with Gasteiger partial charge < -0.3 is 19.8 Å². The van der Waals surface area contributed by atoms with Crippen LogP contribution in [0.5, 0.6) is 0 Å². The van der Waals surface area contributed by atoms with E-state index in [4.69, 9.17) is 14.9 Å². The average molecular weight is 421 g/mol. The molecular weight excluding hydrogens is 397 g/mol. The number of aliphatic imine (C=N–C) groups is 1. The molecule has 0 saturated carbocycles. The average Bonchev–Trinajstić information content (AvgIpc) is 2.86. The molecule has 1 saturated heterocycles. The summed E-state index contributed by atoms with van der Waals surface area (Å²) < 4.78 is 10.2. The van der Waals surface area contributed by atoms with Crippen LogP contribution in [0.25, 0.3) is 0 Å². The Morgan fingerprint density at radius 2 is 2.14 bits per heavy atom. The van der Waals surface area contributed by atoms with Crippen molar-refractivity contribution in [3.63, 3.8) is 0 Å². The highest BCUT2D eigenvalue weighted by atomic mass is 127. The number of furan rings is 1. The lowest BCUT2D eigenvalue weighted by Crippen LogP contribution is -2.42. The molecule has 1 aromatic heterocycles. The quantitative estimate of drug-likeness (QED) is 0.351. The minimum atomic E-state index is -0.399. The largest absolute Gasteiger partial charge is 0.465 e. The summed E-state index contributed by atoms with van der Waals surface area (Å²) in [6, 6.07) is 1.66. The molecule has 0 aliphatic carbocycles. The molecule has 0 bridgehead atoms. The minimum Gasteiger partial charge on any atom is -0.465 e. The van der Waals surface area contributed by atoms with Crippen LogP contribution >= 0.6 is 24.0 Å². The van der Waals surface area contributed by atoms with Crippen LogP contribution in [0.2, 0.25) is 0 Å². The van der Waals surface area contributed by atoms with E-state index in [2.05, 4.69) is 16.8 Å². The molecule has 1 fully saturated rings. The molecule has 0 amide bonds. The zero-order valence-corrected chi connectivity index (χ0v) is 15.6. The van der Waals surface area contributed by atoms with Crippen molar-refractivity contribution in [1.29, 1.82) is 0 Å². The van der Waals surface area contributed by atoms with Gasteiger partial charge in [0.05, 0.1) is 7.11 Å². The van der Waals surface area contributed by atoms with Gasteiger partial charge in [-0.3, -0.25) is 0 Å². The molecule has 0 unspecified atom stereocenters. The normalized spacial score (nSPS) is 16.3. The van der Waals surface area contributed by atoms with E-state index in [1.54, 1.807) is 13.0 Å². The van der Waals surface area contributed by atoms with Crippen LogP contribution in [0.1, 0.15) is 41.6 Å². The fourth-order valence-electron chi connectivity index (χ4n) is 2.43. The summed E-state index contributed by atoms with van der Waals surface area (Å²) in [5.41, 5.74) is 6.45. The number of hydrogen-bond acceptors (Lipinski definition) is 4. The fraction of sp³-hybridized carbons (Fsp3) is 0.600. The number of nitrogens with two attached hydrogens (primary N) is 1. The van der Waals surface area contributed by atoms with Gasteiger partial charge in [0.15, 0.2) is 5.96 Å². The van der Waals surface area contributed by atoms with Crippen molar-refractivity contribution in [2.24, 2.45) is 16.6 Å². The van der Waals surface area contributed by atoms with Crippen molar-refractivity contribution >= 4 is 35.9 Å². The molecular formula is C15H24IN3O3. The highest BCUT2D eigenvalue weighted by Gasteiger charge is 2.18. The molecule has 0 spiro atoms. The van der Waals surface area contributed by atoms with Gasteiger partial charge in [-0.1, -0.05) is 6.92 Å². The number of piperidine rings is 1. The van der Waals surface area contributed by atoms with Crippen LogP contribution in [-0.4, -0.2) is 37.0 Å². The second-order valence-electron chi connectivity index (χ2n) is 5.52. The van der Waals surface area contributed by atoms with Gasteiger partial charge in [-0.15, -0.1) is 24.0 Å². The number of ether oxygens (including phenoxy) is 1. The van der Waals surface area contributed by atoms with Crippen molar-refractivity contribution < 1.29 is 13.9 Å². The number of carbonyl (C=O) groups excluding carboxylic acids is 1. The first-order valence-electron chi connectivity index (χ1n) is 7.23. The van der Waals surface area contributed by atoms with Crippen LogP contribution in [0.4, 0.5) is 0 Å². The Labute approximate surface area is 148 Å². The lowest BCUT2D eigenvalue weighted by Gasteiger charge is -2.30. The highest BCUT2D eigenvalue weighted by Crippen LogP contribution is 2.18. The number of guanidine groups is 1. The molecule has 1 aliphatic heterocycles. The van der Waals surface area contributed by atoms with E-state index in [9.17, 15) is 4.79 Å². The standard InChI is InChI=1S/C15H23N3O3.HI/c1-10-4-6-18(7-5-10)15(16)17-9-12-8-13(11(2)21-12)14(19)20-3;/h8,10H,4-7,9H2,1-3H3,(H2,16,17);1H. The van der Waals surface area contributed by atoms with E-state index < -0.39 is 5.97 Å². The predicted octanol–water partition coefficient (Wildman–Crippen LogP) is 2.54. The highest BCUT2D eigenvalue weighted by molar-refractivity contribution is 14.0. The summed E-state index contributed by atoms with van der Waals surface area (Å²) in [7, 11) is 1.35. The van der Waals surface area contributed by atoms with Gasteiger partial charge in [0.25, 0.3) is 0 Å². The van der Waals surface area contributed by atoms with Gasteiger partial charge in [0.1, 0.15) is 23.6 Å². The van der Waals surface area contributed by atoms with E-state index in [0.717, 1.165) is 31.8 Å². The SMILES string of the molecule is COC(=O)c1cc(CN=C(N)N2CCC(C)CC2)oc1C.I. The Morgan fingerprint density at radius 1 is 1.50 bits per heavy atom. The van der Waals surface area contributed by atoms with Crippen molar-refractivity contribution in [1.82, 2.24) is 4.90 Å². The van der Waals surface area contributed by atoms with Crippen LogP contribution in [-0.2, 0) is 11.3 Å². The van der Waals surface area contributed by atoms with Crippen molar-refractivity contribution in [3.05, 3.63) is 23.2 Å². The van der Waals surface area contributed by atoms with E-state index in [0.29, 0.717) is 29.6 Å². The molecule has 124 valence electrons. The number of carbonyl (C=O) groups is 1. The molecule has 2 heterocycles. The number of esters is 1. The summed E-state index contributed by atoms with van der Waals surface area (Å²) >= 11 is 0. The van der Waals surface area contributed by atoms with Crippen molar-refractivity contribution in [3.8, 4) is 0 Å². The first-order chi connectivity index (χ1) is 10.0. The third-order valence-corrected chi connectivity index (χ3v) is 3.88. The van der Waals surface area contributed by atoms with E-state index >= 15 is 0 Å². The van der Waals surface area contributed by atoms with Gasteiger partial charge in [0.2, 0.25) is 0 Å². The van der Waals surface area contributed by atoms with Crippen LogP contribution in [0, 0.1) is 12.8 Å². The Morgan fingerprint density at radius 3 is 2.73 bits per heavy atom. The smallest absolute Gasteiger partial charge is 0.341 e. The molecule has 0 aromatic carbocycles. The summed E-state index contributed by atoms with van der Waals surface area (Å²) in [6.45, 7) is 6.21. The Hall–Kier alpha value is -1.25. The third kappa shape index (κ3) is 4.62. The summed E-state index contributed by atoms with van der Waals surface area (Å²) in [6.07, 6.45) is 2.28. The third-order valence-electron chi connectivity index (χ3n) is 3.88. The fourth-order valence-corrected chi connectivity index (χ4v) is 2.43. The number of likely N-dealkylation sites (tertiary alicyclic amines) is 1. The molecule has 0 radical (unpaired) electrons. The molecule has 1 aliphatic rings. The zero-order valence-electron chi connectivity index (χ0n) is 13.3. The molecule has 2 N–H and O–H groups in total. The summed E-state index contributed by atoms with van der Waals surface area (Å²) in [4.78, 5) is 18.0. The molecule has 2 rings (SSSR count). The second-order valence-corrected chi connectivity index (χ2v) is 5.52. The maximum absolute atomic E-state index is 11.5. The number of hydrogen-bond donors (Lipinski definition) is 1. The zero-order chi connectivity index (χ0) is 15.4.